The molecular formula is C22H29F3IN3O3. The normalized spacial score (nSPS) is 11.4. The Bertz CT molecular complexity index is 890. The van der Waals surface area contributed by atoms with Crippen molar-refractivity contribution < 1.29 is 27.4 Å². The van der Waals surface area contributed by atoms with Crippen molar-refractivity contribution >= 4 is 29.9 Å². The van der Waals surface area contributed by atoms with Gasteiger partial charge < -0.3 is 24.4 Å². The van der Waals surface area contributed by atoms with Crippen molar-refractivity contribution in [1.82, 2.24) is 10.2 Å². The van der Waals surface area contributed by atoms with Crippen molar-refractivity contribution in [2.45, 2.75) is 19.1 Å². The van der Waals surface area contributed by atoms with Crippen LogP contribution in [0.25, 0.3) is 0 Å². The van der Waals surface area contributed by atoms with Gasteiger partial charge in [-0.2, -0.15) is 13.2 Å². The van der Waals surface area contributed by atoms with Crippen LogP contribution in [0.4, 0.5) is 13.2 Å². The summed E-state index contributed by atoms with van der Waals surface area (Å²) in [6, 6.07) is 8.85. The van der Waals surface area contributed by atoms with E-state index in [1.165, 1.54) is 12.1 Å². The summed E-state index contributed by atoms with van der Waals surface area (Å²) in [7, 11) is 8.17. The van der Waals surface area contributed by atoms with Crippen LogP contribution >= 0.6 is 24.0 Å². The Hall–Kier alpha value is -2.37. The number of benzene rings is 2. The van der Waals surface area contributed by atoms with Crippen molar-refractivity contribution in [3.63, 3.8) is 0 Å². The fraction of sp³-hybridized carbons (Fsp3) is 0.409. The molecule has 0 amide bonds. The van der Waals surface area contributed by atoms with Gasteiger partial charge in [0.1, 0.15) is 0 Å². The summed E-state index contributed by atoms with van der Waals surface area (Å²) in [5, 5.41) is 3.26. The first-order valence-electron chi connectivity index (χ1n) is 9.60. The summed E-state index contributed by atoms with van der Waals surface area (Å²) in [5.74, 6) is 2.35. The second-order valence-corrected chi connectivity index (χ2v) is 6.77. The number of halogens is 4. The number of nitrogens with zero attached hydrogens (tertiary/aromatic N) is 2. The highest BCUT2D eigenvalue weighted by Crippen LogP contribution is 2.39. The van der Waals surface area contributed by atoms with E-state index in [-0.39, 0.29) is 24.0 Å². The van der Waals surface area contributed by atoms with E-state index in [1.54, 1.807) is 28.4 Å². The molecule has 32 heavy (non-hydrogen) atoms. The van der Waals surface area contributed by atoms with Crippen molar-refractivity contribution in [2.24, 2.45) is 4.99 Å². The predicted octanol–water partition coefficient (Wildman–Crippen LogP) is 4.60. The lowest BCUT2D eigenvalue weighted by atomic mass is 10.1. The van der Waals surface area contributed by atoms with Crippen LogP contribution in [0, 0.1) is 0 Å². The molecule has 0 bridgehead atoms. The number of hydrogen-bond acceptors (Lipinski definition) is 4. The van der Waals surface area contributed by atoms with Gasteiger partial charge in [0.2, 0.25) is 5.75 Å². The monoisotopic (exact) mass is 567 g/mol. The summed E-state index contributed by atoms with van der Waals surface area (Å²) in [4.78, 5) is 6.09. The number of nitrogens with one attached hydrogen (secondary N) is 1. The zero-order valence-electron chi connectivity index (χ0n) is 18.7. The zero-order valence-corrected chi connectivity index (χ0v) is 21.1. The van der Waals surface area contributed by atoms with Gasteiger partial charge in [-0.15, -0.1) is 24.0 Å². The highest BCUT2D eigenvalue weighted by molar-refractivity contribution is 14.0. The standard InChI is InChI=1S/C22H28F3N3O3.HI/c1-26-21(28(2)14-15-6-9-17(10-7-15)22(23,24)25)27-13-12-16-8-11-18(29-3)20(31-5)19(16)30-4;/h6-11H,12-14H2,1-5H3,(H,26,27);1H. The molecule has 0 aliphatic heterocycles. The van der Waals surface area contributed by atoms with E-state index in [0.717, 1.165) is 23.3 Å². The first kappa shape index (κ1) is 27.7. The molecule has 10 heteroatoms. The molecule has 0 saturated carbocycles. The third-order valence-corrected chi connectivity index (χ3v) is 4.74. The summed E-state index contributed by atoms with van der Waals surface area (Å²) >= 11 is 0. The van der Waals surface area contributed by atoms with Gasteiger partial charge in [0.15, 0.2) is 17.5 Å². The van der Waals surface area contributed by atoms with Crippen LogP contribution in [-0.4, -0.2) is 52.8 Å². The molecule has 0 atom stereocenters. The lowest BCUT2D eigenvalue weighted by Crippen LogP contribution is -2.39. The molecule has 0 aliphatic carbocycles. The molecular weight excluding hydrogens is 538 g/mol. The molecule has 6 nitrogen and oxygen atoms in total. The Labute approximate surface area is 203 Å². The van der Waals surface area contributed by atoms with Gasteiger partial charge in [-0.05, 0) is 30.2 Å². The lowest BCUT2D eigenvalue weighted by molar-refractivity contribution is -0.137. The molecule has 0 aromatic heterocycles. The van der Waals surface area contributed by atoms with Crippen LogP contribution in [0.1, 0.15) is 16.7 Å². The van der Waals surface area contributed by atoms with Crippen LogP contribution in [-0.2, 0) is 19.1 Å². The summed E-state index contributed by atoms with van der Waals surface area (Å²) < 4.78 is 54.4. The number of rotatable bonds is 8. The van der Waals surface area contributed by atoms with Gasteiger partial charge in [0.05, 0.1) is 26.9 Å². The molecule has 0 aliphatic rings. The predicted molar refractivity (Wildman–Crippen MR) is 129 cm³/mol. The van der Waals surface area contributed by atoms with Gasteiger partial charge >= 0.3 is 6.18 Å². The third-order valence-electron chi connectivity index (χ3n) is 4.74. The zero-order chi connectivity index (χ0) is 23.0. The Morgan fingerprint density at radius 1 is 0.969 bits per heavy atom. The SMILES string of the molecule is CN=C(NCCc1ccc(OC)c(OC)c1OC)N(C)Cc1ccc(C(F)(F)F)cc1.I. The second-order valence-electron chi connectivity index (χ2n) is 6.77. The highest BCUT2D eigenvalue weighted by Gasteiger charge is 2.30. The minimum Gasteiger partial charge on any atom is -0.493 e. The first-order valence-corrected chi connectivity index (χ1v) is 9.60. The lowest BCUT2D eigenvalue weighted by Gasteiger charge is -2.23. The number of aliphatic imine (C=N–C) groups is 1. The van der Waals surface area contributed by atoms with Gasteiger partial charge in [-0.3, -0.25) is 4.99 Å². The molecule has 2 rings (SSSR count). The average Bonchev–Trinajstić information content (AvgIpc) is 2.75. The van der Waals surface area contributed by atoms with E-state index in [2.05, 4.69) is 10.3 Å². The Morgan fingerprint density at radius 2 is 1.59 bits per heavy atom. The molecule has 2 aromatic rings. The quantitative estimate of drug-likeness (QED) is 0.287. The van der Waals surface area contributed by atoms with Crippen LogP contribution in [0.2, 0.25) is 0 Å². The summed E-state index contributed by atoms with van der Waals surface area (Å²) in [5.41, 5.74) is 1.03. The fourth-order valence-electron chi connectivity index (χ4n) is 3.20. The fourth-order valence-corrected chi connectivity index (χ4v) is 3.20. The Morgan fingerprint density at radius 3 is 2.09 bits per heavy atom. The number of hydrogen-bond donors (Lipinski definition) is 1. The molecule has 178 valence electrons. The topological polar surface area (TPSA) is 55.3 Å². The molecule has 1 N–H and O–H groups in total. The van der Waals surface area contributed by atoms with Crippen molar-refractivity contribution in [3.05, 3.63) is 53.1 Å². The third kappa shape index (κ3) is 7.07. The maximum absolute atomic E-state index is 12.7. The summed E-state index contributed by atoms with van der Waals surface area (Å²) in [6.45, 7) is 0.980. The van der Waals surface area contributed by atoms with Crippen molar-refractivity contribution in [3.8, 4) is 17.2 Å². The van der Waals surface area contributed by atoms with E-state index in [4.69, 9.17) is 14.2 Å². The molecule has 0 saturated heterocycles. The minimum atomic E-state index is -4.34. The number of methoxy groups -OCH3 is 3. The number of ether oxygens (including phenoxy) is 3. The molecule has 0 heterocycles. The van der Waals surface area contributed by atoms with Crippen LogP contribution < -0.4 is 19.5 Å². The van der Waals surface area contributed by atoms with Crippen LogP contribution in [0.15, 0.2) is 41.4 Å². The van der Waals surface area contributed by atoms with E-state index in [1.807, 2.05) is 24.1 Å². The molecule has 0 radical (unpaired) electrons. The largest absolute Gasteiger partial charge is 0.493 e. The molecule has 0 spiro atoms. The maximum Gasteiger partial charge on any atom is 0.416 e. The van der Waals surface area contributed by atoms with Gasteiger partial charge in [-0.1, -0.05) is 18.2 Å². The van der Waals surface area contributed by atoms with E-state index in [0.29, 0.717) is 42.7 Å². The summed E-state index contributed by atoms with van der Waals surface area (Å²) in [6.07, 6.45) is -3.70. The first-order chi connectivity index (χ1) is 14.7. The maximum atomic E-state index is 12.7. The highest BCUT2D eigenvalue weighted by atomic mass is 127. The van der Waals surface area contributed by atoms with Crippen LogP contribution in [0.5, 0.6) is 17.2 Å². The molecule has 0 fully saturated rings. The van der Waals surface area contributed by atoms with E-state index in [9.17, 15) is 13.2 Å². The molecule has 2 aromatic carbocycles. The Balaban J connectivity index is 0.00000512. The smallest absolute Gasteiger partial charge is 0.416 e. The average molecular weight is 567 g/mol. The van der Waals surface area contributed by atoms with Gasteiger partial charge in [-0.25, -0.2) is 0 Å². The number of alkyl halides is 3. The van der Waals surface area contributed by atoms with E-state index < -0.39 is 11.7 Å². The second kappa shape index (κ2) is 12.6. The van der Waals surface area contributed by atoms with Crippen LogP contribution in [0.3, 0.4) is 0 Å². The Kier molecular flexibility index (Phi) is 10.9. The van der Waals surface area contributed by atoms with Gasteiger partial charge in [0, 0.05) is 32.7 Å². The number of guanidine groups is 1. The van der Waals surface area contributed by atoms with Crippen molar-refractivity contribution in [2.75, 3.05) is 42.0 Å². The molecule has 0 unspecified atom stereocenters. The van der Waals surface area contributed by atoms with Gasteiger partial charge in [0.25, 0.3) is 0 Å². The van der Waals surface area contributed by atoms with E-state index >= 15 is 0 Å². The minimum absolute atomic E-state index is 0. The van der Waals surface area contributed by atoms with Crippen molar-refractivity contribution in [1.29, 1.82) is 0 Å².